The van der Waals surface area contributed by atoms with Crippen LogP contribution in [0.15, 0.2) is 22.7 Å². The predicted molar refractivity (Wildman–Crippen MR) is 99.2 cm³/mol. The number of anilines is 1. The van der Waals surface area contributed by atoms with E-state index in [2.05, 4.69) is 50.5 Å². The van der Waals surface area contributed by atoms with Crippen molar-refractivity contribution in [2.24, 2.45) is 5.92 Å². The van der Waals surface area contributed by atoms with Crippen molar-refractivity contribution in [1.29, 1.82) is 0 Å². The van der Waals surface area contributed by atoms with E-state index in [1.54, 1.807) is 0 Å². The van der Waals surface area contributed by atoms with Gasteiger partial charge in [-0.15, -0.1) is 0 Å². The third-order valence-electron chi connectivity index (χ3n) is 4.85. The van der Waals surface area contributed by atoms with Crippen LogP contribution in [0.25, 0.3) is 0 Å². The molecular formula is C18H26BrN3O2. The summed E-state index contributed by atoms with van der Waals surface area (Å²) in [5.41, 5.74) is 2.35. The van der Waals surface area contributed by atoms with Gasteiger partial charge in [-0.1, -0.05) is 22.0 Å². The molecule has 2 fully saturated rings. The van der Waals surface area contributed by atoms with Crippen molar-refractivity contribution in [3.8, 4) is 0 Å². The topological polar surface area (TPSA) is 53.6 Å². The third kappa shape index (κ3) is 4.49. The molecule has 0 aliphatic carbocycles. The van der Waals surface area contributed by atoms with E-state index < -0.39 is 0 Å². The maximum atomic E-state index is 12.5. The fourth-order valence-corrected chi connectivity index (χ4v) is 3.83. The summed E-state index contributed by atoms with van der Waals surface area (Å²) in [6, 6.07) is 6.70. The SMILES string of the molecule is C[C@H]1C[C@@H](C(=O)NCc2ccc(Br)cc2N2CCOCC2)CCN1. The van der Waals surface area contributed by atoms with Crippen LogP contribution in [0.2, 0.25) is 0 Å². The highest BCUT2D eigenvalue weighted by molar-refractivity contribution is 9.10. The van der Waals surface area contributed by atoms with Gasteiger partial charge in [-0.3, -0.25) is 4.79 Å². The summed E-state index contributed by atoms with van der Waals surface area (Å²) >= 11 is 3.56. The Bertz CT molecular complexity index is 575. The van der Waals surface area contributed by atoms with Gasteiger partial charge in [0.1, 0.15) is 0 Å². The molecule has 2 aliphatic heterocycles. The number of piperidine rings is 1. The molecule has 0 bridgehead atoms. The molecule has 1 aromatic rings. The molecule has 0 spiro atoms. The van der Waals surface area contributed by atoms with Crippen LogP contribution in [0.1, 0.15) is 25.3 Å². The Morgan fingerprint density at radius 2 is 2.21 bits per heavy atom. The smallest absolute Gasteiger partial charge is 0.223 e. The quantitative estimate of drug-likeness (QED) is 0.820. The molecule has 0 radical (unpaired) electrons. The van der Waals surface area contributed by atoms with Crippen molar-refractivity contribution in [1.82, 2.24) is 10.6 Å². The second-order valence-electron chi connectivity index (χ2n) is 6.67. The number of nitrogens with one attached hydrogen (secondary N) is 2. The molecule has 2 aliphatic rings. The number of benzene rings is 1. The van der Waals surface area contributed by atoms with E-state index in [-0.39, 0.29) is 11.8 Å². The normalized spacial score (nSPS) is 24.7. The zero-order valence-electron chi connectivity index (χ0n) is 14.2. The molecule has 24 heavy (non-hydrogen) atoms. The molecule has 1 amide bonds. The Morgan fingerprint density at radius 1 is 1.42 bits per heavy atom. The Labute approximate surface area is 152 Å². The summed E-state index contributed by atoms with van der Waals surface area (Å²) in [4.78, 5) is 14.8. The first-order valence-corrected chi connectivity index (χ1v) is 9.55. The number of morpholine rings is 1. The van der Waals surface area contributed by atoms with Gasteiger partial charge in [0.25, 0.3) is 0 Å². The van der Waals surface area contributed by atoms with Crippen molar-refractivity contribution in [3.63, 3.8) is 0 Å². The van der Waals surface area contributed by atoms with E-state index in [1.165, 1.54) is 5.69 Å². The molecule has 2 atom stereocenters. The van der Waals surface area contributed by atoms with Crippen molar-refractivity contribution in [2.75, 3.05) is 37.7 Å². The summed E-state index contributed by atoms with van der Waals surface area (Å²) in [7, 11) is 0. The van der Waals surface area contributed by atoms with Crippen LogP contribution < -0.4 is 15.5 Å². The molecule has 132 valence electrons. The van der Waals surface area contributed by atoms with E-state index in [9.17, 15) is 4.79 Å². The molecular weight excluding hydrogens is 370 g/mol. The van der Waals surface area contributed by atoms with Gasteiger partial charge in [0.2, 0.25) is 5.91 Å². The van der Waals surface area contributed by atoms with E-state index in [0.29, 0.717) is 12.6 Å². The zero-order valence-corrected chi connectivity index (χ0v) is 15.8. The van der Waals surface area contributed by atoms with Gasteiger partial charge in [0.05, 0.1) is 13.2 Å². The number of hydrogen-bond donors (Lipinski definition) is 2. The van der Waals surface area contributed by atoms with Crippen LogP contribution in [-0.4, -0.2) is 44.8 Å². The van der Waals surface area contributed by atoms with Gasteiger partial charge >= 0.3 is 0 Å². The minimum Gasteiger partial charge on any atom is -0.378 e. The maximum Gasteiger partial charge on any atom is 0.223 e. The summed E-state index contributed by atoms with van der Waals surface area (Å²) < 4.78 is 6.51. The lowest BCUT2D eigenvalue weighted by Crippen LogP contribution is -2.42. The first-order valence-electron chi connectivity index (χ1n) is 8.75. The van der Waals surface area contributed by atoms with E-state index in [0.717, 1.165) is 55.7 Å². The molecule has 0 unspecified atom stereocenters. The Morgan fingerprint density at radius 3 is 2.96 bits per heavy atom. The van der Waals surface area contributed by atoms with Gasteiger partial charge in [-0.2, -0.15) is 0 Å². The number of halogens is 1. The van der Waals surface area contributed by atoms with Gasteiger partial charge in [-0.25, -0.2) is 0 Å². The highest BCUT2D eigenvalue weighted by Crippen LogP contribution is 2.26. The van der Waals surface area contributed by atoms with Crippen LogP contribution in [0, 0.1) is 5.92 Å². The average molecular weight is 396 g/mol. The number of nitrogens with zero attached hydrogens (tertiary/aromatic N) is 1. The molecule has 0 aromatic heterocycles. The van der Waals surface area contributed by atoms with Crippen LogP contribution >= 0.6 is 15.9 Å². The minimum absolute atomic E-state index is 0.128. The van der Waals surface area contributed by atoms with E-state index in [1.807, 2.05) is 6.07 Å². The molecule has 3 rings (SSSR count). The fourth-order valence-electron chi connectivity index (χ4n) is 3.48. The van der Waals surface area contributed by atoms with Crippen LogP contribution in [0.5, 0.6) is 0 Å². The number of carbonyl (C=O) groups excluding carboxylic acids is 1. The Kier molecular flexibility index (Phi) is 6.14. The third-order valence-corrected chi connectivity index (χ3v) is 5.34. The number of ether oxygens (including phenoxy) is 1. The molecule has 0 saturated carbocycles. The highest BCUT2D eigenvalue weighted by atomic mass is 79.9. The highest BCUT2D eigenvalue weighted by Gasteiger charge is 2.24. The monoisotopic (exact) mass is 395 g/mol. The largest absolute Gasteiger partial charge is 0.378 e. The van der Waals surface area contributed by atoms with E-state index >= 15 is 0 Å². The molecule has 2 N–H and O–H groups in total. The first-order chi connectivity index (χ1) is 11.6. The minimum atomic E-state index is 0.128. The summed E-state index contributed by atoms with van der Waals surface area (Å²) in [5, 5.41) is 6.54. The van der Waals surface area contributed by atoms with Gasteiger partial charge in [0.15, 0.2) is 0 Å². The van der Waals surface area contributed by atoms with Crippen molar-refractivity contribution in [2.45, 2.75) is 32.4 Å². The molecule has 5 nitrogen and oxygen atoms in total. The van der Waals surface area contributed by atoms with Gasteiger partial charge in [-0.05, 0) is 44.0 Å². The predicted octanol–water partition coefficient (Wildman–Crippen LogP) is 2.29. The lowest BCUT2D eigenvalue weighted by atomic mass is 9.92. The molecule has 2 heterocycles. The van der Waals surface area contributed by atoms with E-state index in [4.69, 9.17) is 4.74 Å². The Balaban J connectivity index is 1.65. The number of hydrogen-bond acceptors (Lipinski definition) is 4. The van der Waals surface area contributed by atoms with Crippen LogP contribution in [-0.2, 0) is 16.1 Å². The fraction of sp³-hybridized carbons (Fsp3) is 0.611. The lowest BCUT2D eigenvalue weighted by Gasteiger charge is -2.31. The first kappa shape index (κ1) is 17.7. The number of carbonyl (C=O) groups is 1. The van der Waals surface area contributed by atoms with Crippen LogP contribution in [0.3, 0.4) is 0 Å². The molecule has 1 aromatic carbocycles. The second-order valence-corrected chi connectivity index (χ2v) is 7.58. The van der Waals surface area contributed by atoms with Crippen molar-refractivity contribution < 1.29 is 9.53 Å². The number of amides is 1. The second kappa shape index (κ2) is 8.32. The zero-order chi connectivity index (χ0) is 16.9. The molecule has 6 heteroatoms. The summed E-state index contributed by atoms with van der Waals surface area (Å²) in [5.74, 6) is 0.308. The van der Waals surface area contributed by atoms with Crippen LogP contribution in [0.4, 0.5) is 5.69 Å². The average Bonchev–Trinajstić information content (AvgIpc) is 2.61. The summed E-state index contributed by atoms with van der Waals surface area (Å²) in [6.07, 6.45) is 1.84. The standard InChI is InChI=1S/C18H26BrN3O2/c1-13-10-14(4-5-20-13)18(23)21-12-15-2-3-16(19)11-17(15)22-6-8-24-9-7-22/h2-3,11,13-14,20H,4-10,12H2,1H3,(H,21,23)/t13-,14-/m0/s1. The summed E-state index contributed by atoms with van der Waals surface area (Å²) in [6.45, 7) is 6.95. The Hall–Kier alpha value is -1.11. The maximum absolute atomic E-state index is 12.5. The number of rotatable bonds is 4. The van der Waals surface area contributed by atoms with Gasteiger partial charge < -0.3 is 20.3 Å². The van der Waals surface area contributed by atoms with Crippen molar-refractivity contribution in [3.05, 3.63) is 28.2 Å². The van der Waals surface area contributed by atoms with Crippen molar-refractivity contribution >= 4 is 27.5 Å². The van der Waals surface area contributed by atoms with Gasteiger partial charge in [0, 0.05) is 41.8 Å². The lowest BCUT2D eigenvalue weighted by molar-refractivity contribution is -0.126. The molecule has 2 saturated heterocycles.